The van der Waals surface area contributed by atoms with Gasteiger partial charge in [0.05, 0.1) is 18.5 Å². The second kappa shape index (κ2) is 6.48. The minimum absolute atomic E-state index is 0.0221. The lowest BCUT2D eigenvalue weighted by molar-refractivity contribution is -0.132. The Bertz CT molecular complexity index is 611. The number of carbonyl (C=O) groups excluding carboxylic acids is 2. The van der Waals surface area contributed by atoms with E-state index >= 15 is 0 Å². The second-order valence-corrected chi connectivity index (χ2v) is 6.11. The maximum absolute atomic E-state index is 12.5. The van der Waals surface area contributed by atoms with E-state index < -0.39 is 0 Å². The van der Waals surface area contributed by atoms with Gasteiger partial charge in [0.25, 0.3) is 0 Å². The van der Waals surface area contributed by atoms with Gasteiger partial charge in [0.15, 0.2) is 0 Å². The van der Waals surface area contributed by atoms with Gasteiger partial charge in [0, 0.05) is 19.2 Å². The van der Waals surface area contributed by atoms with E-state index in [0.717, 1.165) is 43.1 Å². The van der Waals surface area contributed by atoms with Gasteiger partial charge in [-0.1, -0.05) is 0 Å². The van der Waals surface area contributed by atoms with Crippen LogP contribution in [0, 0.1) is 0 Å². The number of nitrogens with one attached hydrogen (secondary N) is 1. The number of rotatable bonds is 3. The van der Waals surface area contributed by atoms with Gasteiger partial charge >= 0.3 is 0 Å². The van der Waals surface area contributed by atoms with E-state index in [1.165, 1.54) is 6.42 Å². The molecule has 1 aromatic carbocycles. The minimum Gasteiger partial charge on any atom is -0.497 e. The summed E-state index contributed by atoms with van der Waals surface area (Å²) < 4.78 is 5.24. The summed E-state index contributed by atoms with van der Waals surface area (Å²) in [7, 11) is 1.61. The Morgan fingerprint density at radius 2 is 2.04 bits per heavy atom. The van der Waals surface area contributed by atoms with Crippen LogP contribution in [0.2, 0.25) is 0 Å². The first-order valence-electron chi connectivity index (χ1n) is 8.14. The lowest BCUT2D eigenvalue weighted by Crippen LogP contribution is -2.51. The third kappa shape index (κ3) is 3.11. The van der Waals surface area contributed by atoms with Crippen LogP contribution in [0.15, 0.2) is 18.2 Å². The SMILES string of the molecule is COc1ccc2c(c1)NC(C)C(=O)N2CC(=O)N1CCCCC1. The van der Waals surface area contributed by atoms with Gasteiger partial charge in [-0.25, -0.2) is 0 Å². The molecule has 0 spiro atoms. The number of ether oxygens (including phenoxy) is 1. The van der Waals surface area contributed by atoms with E-state index in [-0.39, 0.29) is 24.4 Å². The highest BCUT2D eigenvalue weighted by molar-refractivity contribution is 6.07. The topological polar surface area (TPSA) is 61.9 Å². The fourth-order valence-corrected chi connectivity index (χ4v) is 3.18. The number of methoxy groups -OCH3 is 1. The van der Waals surface area contributed by atoms with E-state index in [2.05, 4.69) is 5.32 Å². The van der Waals surface area contributed by atoms with Crippen molar-refractivity contribution in [3.8, 4) is 5.75 Å². The molecular formula is C17H23N3O3. The molecule has 1 atom stereocenters. The maximum atomic E-state index is 12.5. The Balaban J connectivity index is 1.83. The third-order valence-electron chi connectivity index (χ3n) is 4.51. The first kappa shape index (κ1) is 15.6. The monoisotopic (exact) mass is 317 g/mol. The highest BCUT2D eigenvalue weighted by Gasteiger charge is 2.32. The van der Waals surface area contributed by atoms with E-state index in [1.54, 1.807) is 12.0 Å². The van der Waals surface area contributed by atoms with Crippen LogP contribution in [0.3, 0.4) is 0 Å². The lowest BCUT2D eigenvalue weighted by Gasteiger charge is -2.35. The molecule has 2 aliphatic heterocycles. The number of carbonyl (C=O) groups is 2. The minimum atomic E-state index is -0.358. The summed E-state index contributed by atoms with van der Waals surface area (Å²) in [5.74, 6) is 0.669. The molecule has 0 aromatic heterocycles. The van der Waals surface area contributed by atoms with Crippen LogP contribution < -0.4 is 15.0 Å². The van der Waals surface area contributed by atoms with Gasteiger partial charge in [0.1, 0.15) is 18.3 Å². The van der Waals surface area contributed by atoms with Crippen molar-refractivity contribution >= 4 is 23.2 Å². The molecule has 0 aliphatic carbocycles. The average Bonchev–Trinajstić information content (AvgIpc) is 2.59. The molecule has 0 radical (unpaired) electrons. The summed E-state index contributed by atoms with van der Waals surface area (Å²) in [5.41, 5.74) is 1.56. The molecule has 0 saturated carbocycles. The lowest BCUT2D eigenvalue weighted by atomic mass is 10.1. The smallest absolute Gasteiger partial charge is 0.249 e. The van der Waals surface area contributed by atoms with Crippen LogP contribution >= 0.6 is 0 Å². The molecule has 6 heteroatoms. The summed E-state index contributed by atoms with van der Waals surface area (Å²) >= 11 is 0. The fourth-order valence-electron chi connectivity index (χ4n) is 3.18. The number of hydrogen-bond donors (Lipinski definition) is 1. The van der Waals surface area contributed by atoms with Crippen molar-refractivity contribution in [1.29, 1.82) is 0 Å². The molecule has 1 fully saturated rings. The summed E-state index contributed by atoms with van der Waals surface area (Å²) in [5, 5.41) is 3.17. The number of nitrogens with zero attached hydrogens (tertiary/aromatic N) is 2. The van der Waals surface area contributed by atoms with E-state index in [9.17, 15) is 9.59 Å². The largest absolute Gasteiger partial charge is 0.497 e. The van der Waals surface area contributed by atoms with Gasteiger partial charge in [-0.15, -0.1) is 0 Å². The van der Waals surface area contributed by atoms with Crippen molar-refractivity contribution < 1.29 is 14.3 Å². The third-order valence-corrected chi connectivity index (χ3v) is 4.51. The number of fused-ring (bicyclic) bond motifs is 1. The fraction of sp³-hybridized carbons (Fsp3) is 0.529. The first-order valence-corrected chi connectivity index (χ1v) is 8.14. The second-order valence-electron chi connectivity index (χ2n) is 6.11. The zero-order chi connectivity index (χ0) is 16.4. The molecule has 124 valence electrons. The van der Waals surface area contributed by atoms with E-state index in [0.29, 0.717) is 0 Å². The molecule has 2 heterocycles. The van der Waals surface area contributed by atoms with Crippen molar-refractivity contribution in [2.75, 3.05) is 37.0 Å². The zero-order valence-corrected chi connectivity index (χ0v) is 13.7. The van der Waals surface area contributed by atoms with E-state index in [4.69, 9.17) is 4.74 Å². The predicted octanol–water partition coefficient (Wildman–Crippen LogP) is 1.85. The van der Waals surface area contributed by atoms with Crippen molar-refractivity contribution in [3.63, 3.8) is 0 Å². The standard InChI is InChI=1S/C17H23N3O3/c1-12-17(22)20(11-16(21)19-8-4-3-5-9-19)15-7-6-13(23-2)10-14(15)18-12/h6-7,10,12,18H,3-5,8-9,11H2,1-2H3. The molecule has 0 bridgehead atoms. The molecule has 1 saturated heterocycles. The number of benzene rings is 1. The van der Waals surface area contributed by atoms with Crippen LogP contribution in [0.25, 0.3) is 0 Å². The van der Waals surface area contributed by atoms with Crippen LogP contribution in [0.5, 0.6) is 5.75 Å². The number of piperidine rings is 1. The van der Waals surface area contributed by atoms with Gasteiger partial charge < -0.3 is 15.0 Å². The molecule has 1 N–H and O–H groups in total. The highest BCUT2D eigenvalue weighted by Crippen LogP contribution is 2.34. The van der Waals surface area contributed by atoms with Gasteiger partial charge in [-0.05, 0) is 38.3 Å². The first-order chi connectivity index (χ1) is 11.1. The summed E-state index contributed by atoms with van der Waals surface area (Å²) in [6.45, 7) is 3.50. The molecule has 6 nitrogen and oxygen atoms in total. The van der Waals surface area contributed by atoms with Crippen molar-refractivity contribution in [2.45, 2.75) is 32.2 Å². The normalized spacial score (nSPS) is 20.8. The molecule has 2 amide bonds. The van der Waals surface area contributed by atoms with Crippen molar-refractivity contribution in [1.82, 2.24) is 4.90 Å². The van der Waals surface area contributed by atoms with E-state index in [1.807, 2.05) is 30.0 Å². The number of hydrogen-bond acceptors (Lipinski definition) is 4. The van der Waals surface area contributed by atoms with Crippen LogP contribution in [0.4, 0.5) is 11.4 Å². The maximum Gasteiger partial charge on any atom is 0.249 e. The molecule has 1 unspecified atom stereocenters. The molecule has 23 heavy (non-hydrogen) atoms. The Morgan fingerprint density at radius 1 is 1.30 bits per heavy atom. The Labute approximate surface area is 136 Å². The van der Waals surface area contributed by atoms with Gasteiger partial charge in [0.2, 0.25) is 11.8 Å². The van der Waals surface area contributed by atoms with Gasteiger partial charge in [-0.2, -0.15) is 0 Å². The molecule has 2 aliphatic rings. The zero-order valence-electron chi connectivity index (χ0n) is 13.7. The number of amides is 2. The van der Waals surface area contributed by atoms with Gasteiger partial charge in [-0.3, -0.25) is 14.5 Å². The van der Waals surface area contributed by atoms with Crippen LogP contribution in [-0.2, 0) is 9.59 Å². The Morgan fingerprint density at radius 3 is 2.74 bits per heavy atom. The molecule has 3 rings (SSSR count). The van der Waals surface area contributed by atoms with Crippen molar-refractivity contribution in [3.05, 3.63) is 18.2 Å². The summed E-state index contributed by atoms with van der Waals surface area (Å²) in [6, 6.07) is 5.14. The van der Waals surface area contributed by atoms with Crippen LogP contribution in [-0.4, -0.2) is 49.5 Å². The highest BCUT2D eigenvalue weighted by atomic mass is 16.5. The summed E-state index contributed by atoms with van der Waals surface area (Å²) in [4.78, 5) is 28.5. The van der Waals surface area contributed by atoms with Crippen LogP contribution in [0.1, 0.15) is 26.2 Å². The molecular weight excluding hydrogens is 294 g/mol. The average molecular weight is 317 g/mol. The summed E-state index contributed by atoms with van der Waals surface area (Å²) in [6.07, 6.45) is 3.27. The quantitative estimate of drug-likeness (QED) is 0.924. The Hall–Kier alpha value is -2.24. The number of anilines is 2. The molecule has 1 aromatic rings. The van der Waals surface area contributed by atoms with Crippen molar-refractivity contribution in [2.24, 2.45) is 0 Å². The number of likely N-dealkylation sites (tertiary alicyclic amines) is 1. The Kier molecular flexibility index (Phi) is 4.41. The predicted molar refractivity (Wildman–Crippen MR) is 88.9 cm³/mol.